The van der Waals surface area contributed by atoms with Crippen molar-refractivity contribution >= 4 is 15.9 Å². The Morgan fingerprint density at radius 1 is 1.19 bits per heavy atom. The molecule has 0 fully saturated rings. The number of H-pyrrole nitrogens is 1. The minimum absolute atomic E-state index is 0.0659. The van der Waals surface area contributed by atoms with E-state index in [1.54, 1.807) is 0 Å². The molecule has 0 spiro atoms. The molecule has 3 N–H and O–H groups in total. The molecule has 0 saturated heterocycles. The Labute approximate surface area is 193 Å². The van der Waals surface area contributed by atoms with Crippen molar-refractivity contribution < 1.29 is 4.74 Å². The first-order chi connectivity index (χ1) is 15.5. The van der Waals surface area contributed by atoms with Crippen molar-refractivity contribution in [2.45, 2.75) is 19.4 Å². The average molecular weight is 487 g/mol. The highest BCUT2D eigenvalue weighted by molar-refractivity contribution is 9.10. The van der Waals surface area contributed by atoms with Gasteiger partial charge in [0, 0.05) is 33.1 Å². The van der Waals surface area contributed by atoms with E-state index < -0.39 is 5.92 Å². The summed E-state index contributed by atoms with van der Waals surface area (Å²) in [5.74, 6) is 0.0243. The molecular formula is C24H19BrN6O. The molecule has 0 saturated carbocycles. The molecule has 0 radical (unpaired) electrons. The maximum atomic E-state index is 9.95. The number of aromatic nitrogens is 4. The van der Waals surface area contributed by atoms with Gasteiger partial charge in [-0.25, -0.2) is 0 Å². The SMILES string of the molecule is Cc1[nH]nc2c1C(c1cn(Cc3ccc(Br)cc3)nc1-c1ccccc1)C(C#N)=C(N)O2. The van der Waals surface area contributed by atoms with Gasteiger partial charge in [0.2, 0.25) is 11.8 Å². The molecule has 1 aliphatic heterocycles. The van der Waals surface area contributed by atoms with E-state index in [9.17, 15) is 5.26 Å². The van der Waals surface area contributed by atoms with Gasteiger partial charge < -0.3 is 10.5 Å². The summed E-state index contributed by atoms with van der Waals surface area (Å²) in [6.45, 7) is 2.50. The molecular weight excluding hydrogens is 468 g/mol. The van der Waals surface area contributed by atoms with Crippen LogP contribution in [-0.2, 0) is 6.54 Å². The van der Waals surface area contributed by atoms with E-state index in [1.165, 1.54) is 0 Å². The van der Waals surface area contributed by atoms with Crippen LogP contribution in [0, 0.1) is 18.3 Å². The average Bonchev–Trinajstić information content (AvgIpc) is 3.38. The van der Waals surface area contributed by atoms with Crippen molar-refractivity contribution in [2.75, 3.05) is 0 Å². The lowest BCUT2D eigenvalue weighted by Crippen LogP contribution is -2.21. The summed E-state index contributed by atoms with van der Waals surface area (Å²) in [5.41, 5.74) is 11.8. The summed E-state index contributed by atoms with van der Waals surface area (Å²) in [5, 5.41) is 22.1. The molecule has 1 atom stereocenters. The Bertz CT molecular complexity index is 1360. The molecule has 4 aromatic rings. The zero-order valence-corrected chi connectivity index (χ0v) is 18.8. The molecule has 1 unspecified atom stereocenters. The van der Waals surface area contributed by atoms with Gasteiger partial charge in [0.25, 0.3) is 0 Å². The molecule has 3 heterocycles. The number of nitriles is 1. The summed E-state index contributed by atoms with van der Waals surface area (Å²) in [7, 11) is 0. The highest BCUT2D eigenvalue weighted by Gasteiger charge is 2.36. The maximum absolute atomic E-state index is 9.95. The zero-order valence-electron chi connectivity index (χ0n) is 17.2. The minimum Gasteiger partial charge on any atom is -0.420 e. The molecule has 7 nitrogen and oxygen atoms in total. The summed E-state index contributed by atoms with van der Waals surface area (Å²) < 4.78 is 8.55. The Kier molecular flexibility index (Phi) is 5.04. The lowest BCUT2D eigenvalue weighted by molar-refractivity contribution is 0.379. The van der Waals surface area contributed by atoms with Crippen LogP contribution >= 0.6 is 15.9 Å². The van der Waals surface area contributed by atoms with Gasteiger partial charge >= 0.3 is 0 Å². The van der Waals surface area contributed by atoms with Crippen LogP contribution in [0.4, 0.5) is 0 Å². The fourth-order valence-corrected chi connectivity index (χ4v) is 4.30. The van der Waals surface area contributed by atoms with Gasteiger partial charge in [-0.05, 0) is 24.6 Å². The van der Waals surface area contributed by atoms with E-state index in [4.69, 9.17) is 15.6 Å². The van der Waals surface area contributed by atoms with Gasteiger partial charge in [-0.3, -0.25) is 9.78 Å². The van der Waals surface area contributed by atoms with Gasteiger partial charge in [0.1, 0.15) is 11.6 Å². The number of nitrogens with zero attached hydrogens (tertiary/aromatic N) is 4. The Balaban J connectivity index is 1.69. The van der Waals surface area contributed by atoms with Crippen molar-refractivity contribution in [3.8, 4) is 23.2 Å². The van der Waals surface area contributed by atoms with E-state index in [0.29, 0.717) is 18.0 Å². The molecule has 0 amide bonds. The van der Waals surface area contributed by atoms with Gasteiger partial charge in [0.05, 0.1) is 18.2 Å². The van der Waals surface area contributed by atoms with Crippen molar-refractivity contribution in [3.05, 3.63) is 99.1 Å². The van der Waals surface area contributed by atoms with Crippen LogP contribution in [0.1, 0.15) is 28.3 Å². The standard InChI is InChI=1S/C24H19BrN6O/c1-14-20-21(18(11-26)23(27)32-24(20)29-28-14)19-13-31(12-15-7-9-17(25)10-8-15)30-22(19)16-5-3-2-4-6-16/h2-10,13,21H,12,27H2,1H3,(H,28,29). The number of hydrogen-bond donors (Lipinski definition) is 2. The predicted molar refractivity (Wildman–Crippen MR) is 124 cm³/mol. The highest BCUT2D eigenvalue weighted by Crippen LogP contribution is 2.45. The number of aryl methyl sites for hydroxylation is 1. The third kappa shape index (κ3) is 3.47. The molecule has 2 aromatic carbocycles. The molecule has 1 aliphatic rings. The molecule has 8 heteroatoms. The fourth-order valence-electron chi connectivity index (χ4n) is 4.04. The third-order valence-corrected chi connectivity index (χ3v) is 6.06. The van der Waals surface area contributed by atoms with Crippen LogP contribution < -0.4 is 10.5 Å². The lowest BCUT2D eigenvalue weighted by atomic mass is 9.83. The summed E-state index contributed by atoms with van der Waals surface area (Å²) in [6.07, 6.45) is 1.99. The van der Waals surface area contributed by atoms with E-state index in [-0.39, 0.29) is 5.88 Å². The van der Waals surface area contributed by atoms with Gasteiger partial charge in [-0.1, -0.05) is 58.4 Å². The van der Waals surface area contributed by atoms with Crippen molar-refractivity contribution in [1.82, 2.24) is 20.0 Å². The van der Waals surface area contributed by atoms with E-state index in [1.807, 2.05) is 60.3 Å². The Morgan fingerprint density at radius 3 is 2.66 bits per heavy atom. The number of hydrogen-bond acceptors (Lipinski definition) is 5. The first-order valence-corrected chi connectivity index (χ1v) is 10.8. The van der Waals surface area contributed by atoms with Crippen LogP contribution in [-0.4, -0.2) is 20.0 Å². The van der Waals surface area contributed by atoms with Crippen molar-refractivity contribution in [2.24, 2.45) is 5.73 Å². The summed E-state index contributed by atoms with van der Waals surface area (Å²) >= 11 is 3.48. The quantitative estimate of drug-likeness (QED) is 0.438. The smallest absolute Gasteiger partial charge is 0.244 e. The van der Waals surface area contributed by atoms with Crippen LogP contribution in [0.5, 0.6) is 5.88 Å². The monoisotopic (exact) mass is 486 g/mol. The maximum Gasteiger partial charge on any atom is 0.244 e. The Hall–Kier alpha value is -3.83. The normalized spacial score (nSPS) is 15.2. The number of rotatable bonds is 4. The van der Waals surface area contributed by atoms with Crippen molar-refractivity contribution in [1.29, 1.82) is 5.26 Å². The number of halogens is 1. The highest BCUT2D eigenvalue weighted by atomic mass is 79.9. The van der Waals surface area contributed by atoms with E-state index >= 15 is 0 Å². The molecule has 0 bridgehead atoms. The molecule has 32 heavy (non-hydrogen) atoms. The molecule has 158 valence electrons. The van der Waals surface area contributed by atoms with Crippen LogP contribution in [0.3, 0.4) is 0 Å². The predicted octanol–water partition coefficient (Wildman–Crippen LogP) is 4.61. The number of fused-ring (bicyclic) bond motifs is 1. The van der Waals surface area contributed by atoms with Crippen LogP contribution in [0.25, 0.3) is 11.3 Å². The summed E-state index contributed by atoms with van der Waals surface area (Å²) in [6, 6.07) is 20.3. The first kappa shape index (κ1) is 20.1. The van der Waals surface area contributed by atoms with E-state index in [2.05, 4.69) is 44.3 Å². The van der Waals surface area contributed by atoms with Gasteiger partial charge in [-0.2, -0.15) is 10.4 Å². The van der Waals surface area contributed by atoms with Crippen LogP contribution in [0.15, 0.2) is 76.7 Å². The second kappa shape index (κ2) is 8.02. The van der Waals surface area contributed by atoms with E-state index in [0.717, 1.165) is 38.1 Å². The second-order valence-electron chi connectivity index (χ2n) is 7.62. The van der Waals surface area contributed by atoms with Gasteiger partial charge in [-0.15, -0.1) is 5.10 Å². The van der Waals surface area contributed by atoms with Gasteiger partial charge in [0.15, 0.2) is 0 Å². The third-order valence-electron chi connectivity index (χ3n) is 5.54. The lowest BCUT2D eigenvalue weighted by Gasteiger charge is -2.23. The largest absolute Gasteiger partial charge is 0.420 e. The molecule has 0 aliphatic carbocycles. The molecule has 2 aromatic heterocycles. The Morgan fingerprint density at radius 2 is 1.94 bits per heavy atom. The minimum atomic E-state index is -0.434. The second-order valence-corrected chi connectivity index (χ2v) is 8.53. The number of ether oxygens (including phenoxy) is 1. The topological polar surface area (TPSA) is 106 Å². The van der Waals surface area contributed by atoms with Crippen LogP contribution in [0.2, 0.25) is 0 Å². The number of allylic oxidation sites excluding steroid dienone is 1. The summed E-state index contributed by atoms with van der Waals surface area (Å²) in [4.78, 5) is 0. The number of benzene rings is 2. The number of aromatic amines is 1. The fraction of sp³-hybridized carbons (Fsp3) is 0.125. The van der Waals surface area contributed by atoms with Crippen molar-refractivity contribution in [3.63, 3.8) is 0 Å². The first-order valence-electron chi connectivity index (χ1n) is 10.0. The zero-order chi connectivity index (χ0) is 22.2. The number of nitrogens with two attached hydrogens (primary N) is 1. The molecule has 5 rings (SSSR count). The number of nitrogens with one attached hydrogen (secondary N) is 1.